The maximum absolute atomic E-state index is 2.47. The van der Waals surface area contributed by atoms with E-state index < -0.39 is 5.41 Å². The Morgan fingerprint density at radius 1 is 0.182 bits per heavy atom. The van der Waals surface area contributed by atoms with Crippen LogP contribution in [0.2, 0.25) is 0 Å². The monoisotopic (exact) mass is 1680 g/mol. The topological polar surface area (TPSA) is 16.3 Å². The van der Waals surface area contributed by atoms with Crippen molar-refractivity contribution in [1.82, 2.24) is 9.13 Å². The Bertz CT molecular complexity index is 8250. The molecule has 0 saturated carbocycles. The van der Waals surface area contributed by atoms with E-state index in [1.165, 1.54) is 177 Å². The third kappa shape index (κ3) is 13.5. The summed E-state index contributed by atoms with van der Waals surface area (Å²) in [6.07, 6.45) is 0. The van der Waals surface area contributed by atoms with Gasteiger partial charge in [-0.2, -0.15) is 0 Å². The van der Waals surface area contributed by atoms with Gasteiger partial charge in [-0.15, -0.1) is 0 Å². The first-order valence-corrected chi connectivity index (χ1v) is 45.7. The van der Waals surface area contributed by atoms with Crippen LogP contribution in [0, 0.1) is 0 Å². The van der Waals surface area contributed by atoms with E-state index in [4.69, 9.17) is 0 Å². The molecule has 0 bridgehead atoms. The highest BCUT2D eigenvalue weighted by Gasteiger charge is 2.47. The highest BCUT2D eigenvalue weighted by Crippen LogP contribution is 2.60. The number of nitrogens with zero attached hydrogens (tertiary/aromatic N) is 4. The Balaban J connectivity index is 0.000000149. The molecule has 25 rings (SSSR count). The van der Waals surface area contributed by atoms with Crippen molar-refractivity contribution in [1.29, 1.82) is 0 Å². The average molecular weight is 1680 g/mol. The van der Waals surface area contributed by atoms with Gasteiger partial charge in [0.25, 0.3) is 0 Å². The van der Waals surface area contributed by atoms with Crippen LogP contribution in [0.3, 0.4) is 0 Å². The van der Waals surface area contributed by atoms with Gasteiger partial charge in [-0.1, -0.05) is 390 Å². The van der Waals surface area contributed by atoms with E-state index in [0.29, 0.717) is 0 Å². The Kier molecular flexibility index (Phi) is 19.5. The molecule has 0 N–H and O–H groups in total. The molecule has 2 heterocycles. The summed E-state index contributed by atoms with van der Waals surface area (Å²) in [5, 5.41) is 7.55. The Morgan fingerprint density at radius 3 is 0.985 bits per heavy atom. The van der Waals surface area contributed by atoms with Crippen molar-refractivity contribution >= 4 is 88.5 Å². The zero-order valence-electron chi connectivity index (χ0n) is 73.3. The van der Waals surface area contributed by atoms with E-state index in [0.717, 1.165) is 45.4 Å². The van der Waals surface area contributed by atoms with Gasteiger partial charge >= 0.3 is 0 Å². The molecule has 2 aliphatic carbocycles. The van der Waals surface area contributed by atoms with Gasteiger partial charge in [0.2, 0.25) is 0 Å². The van der Waals surface area contributed by atoms with Crippen molar-refractivity contribution in [2.45, 2.75) is 24.7 Å². The molecule has 21 aromatic carbocycles. The molecule has 0 unspecified atom stereocenters. The number of anilines is 6. The van der Waals surface area contributed by atoms with Crippen molar-refractivity contribution in [3.8, 4) is 100 Å². The third-order valence-corrected chi connectivity index (χ3v) is 27.7. The van der Waals surface area contributed by atoms with Gasteiger partial charge in [0.05, 0.1) is 27.5 Å². The summed E-state index contributed by atoms with van der Waals surface area (Å²) < 4.78 is 4.78. The van der Waals surface area contributed by atoms with Crippen LogP contribution in [0.1, 0.15) is 47.2 Å². The molecule has 4 nitrogen and oxygen atoms in total. The van der Waals surface area contributed by atoms with Gasteiger partial charge in [0.1, 0.15) is 0 Å². The van der Waals surface area contributed by atoms with Crippen LogP contribution in [0.4, 0.5) is 34.1 Å². The van der Waals surface area contributed by atoms with E-state index in [-0.39, 0.29) is 5.41 Å². The first kappa shape index (κ1) is 78.6. The molecule has 0 saturated heterocycles. The summed E-state index contributed by atoms with van der Waals surface area (Å²) in [5.41, 5.74) is 40.5. The molecule has 0 radical (unpaired) electrons. The number of benzene rings is 21. The fourth-order valence-electron chi connectivity index (χ4n) is 21.4. The van der Waals surface area contributed by atoms with Gasteiger partial charge in [-0.05, 0) is 267 Å². The lowest BCUT2D eigenvalue weighted by atomic mass is 9.67. The molecule has 0 aliphatic heterocycles. The van der Waals surface area contributed by atoms with Crippen LogP contribution in [0.5, 0.6) is 0 Å². The number of aromatic nitrogens is 2. The lowest BCUT2D eigenvalue weighted by Crippen LogP contribution is -2.28. The summed E-state index contributed by atoms with van der Waals surface area (Å²) in [5.74, 6) is 0. The smallest absolute Gasteiger partial charge is 0.0714 e. The lowest BCUT2D eigenvalue weighted by Gasteiger charge is -2.35. The summed E-state index contributed by atoms with van der Waals surface area (Å²) >= 11 is 0. The molecule has 622 valence electrons. The van der Waals surface area contributed by atoms with Crippen molar-refractivity contribution < 1.29 is 0 Å². The number of para-hydroxylation sites is 4. The van der Waals surface area contributed by atoms with E-state index in [1.54, 1.807) is 0 Å². The first-order chi connectivity index (χ1) is 65.2. The maximum atomic E-state index is 2.47. The number of hydrogen-bond acceptors (Lipinski definition) is 2. The van der Waals surface area contributed by atoms with Crippen molar-refractivity contribution in [3.05, 3.63) is 543 Å². The second kappa shape index (κ2) is 32.7. The van der Waals surface area contributed by atoms with Gasteiger partial charge in [0.15, 0.2) is 0 Å². The van der Waals surface area contributed by atoms with Crippen molar-refractivity contribution in [2.24, 2.45) is 0 Å². The number of rotatable bonds is 16. The summed E-state index contributed by atoms with van der Waals surface area (Å²) in [6.45, 7) is 4.68. The Hall–Kier alpha value is -16.9. The minimum Gasteiger partial charge on any atom is -0.310 e. The van der Waals surface area contributed by atoms with Crippen LogP contribution in [0.15, 0.2) is 510 Å². The molecule has 0 spiro atoms. The fraction of sp³-hybridized carbons (Fsp3) is 0.0312. The SMILES string of the molecule is CC1(C)c2ccccc2-c2cc(N(c3ccc(-c4ccccc4)cc3)c3ccc(-c4cccc(-c5ccc6c7ccccc7n(-c7ccccc7)c6c5)c4)cc3)ccc21.c1ccc(-c2ccc(N(c3ccc(-c4cccc(-c5ccc6c7ccccc7n(-c7ccccc7)c6c5)c4)cc3)c3ccc4c(c3)C(c3ccccc3)(c3ccccc3)c3ccc5ccccc5c3-4)cc2)cc1. The Morgan fingerprint density at radius 2 is 0.508 bits per heavy atom. The molecule has 2 aromatic heterocycles. The molecule has 0 amide bonds. The van der Waals surface area contributed by atoms with Gasteiger partial charge < -0.3 is 18.9 Å². The van der Waals surface area contributed by atoms with E-state index in [9.17, 15) is 0 Å². The zero-order valence-corrected chi connectivity index (χ0v) is 73.3. The van der Waals surface area contributed by atoms with Crippen LogP contribution in [0.25, 0.3) is 155 Å². The number of fused-ring (bicyclic) bond motifs is 14. The third-order valence-electron chi connectivity index (χ3n) is 27.7. The standard InChI is InChI=1S/C71H48N2.C57H42N2/c1-5-18-49(19-6-1)50-32-38-59(39-33-50)72(61-42-44-65-67(48-61)71(56-23-7-2-8-24-56,57-25-9-3-10-26-57)66-45-37-52-20-13-14-29-62(52)70(65)66)60-40-34-51(35-41-60)53-21-17-22-54(46-53)55-36-43-64-63-30-15-16-31-68(63)73(69(64)47-55)58-27-11-4-12-28-58;1-57(2)53-22-11-9-20-49(53)52-38-48(33-35-54(52)57)58(46-29-24-40(25-30-46)39-14-5-3-6-15-39)47-31-26-41(27-32-47)42-16-13-17-43(36-42)44-28-34-51-50-21-10-12-23-55(50)59(56(51)37-44)45-18-7-4-8-19-45/h1-48H;3-38H,1-2H3. The van der Waals surface area contributed by atoms with Crippen molar-refractivity contribution in [2.75, 3.05) is 9.80 Å². The second-order valence-electron chi connectivity index (χ2n) is 35.4. The van der Waals surface area contributed by atoms with Gasteiger partial charge in [0, 0.05) is 72.5 Å². The minimum atomic E-state index is -0.562. The zero-order chi connectivity index (χ0) is 87.8. The van der Waals surface area contributed by atoms with E-state index in [1.807, 2.05) is 0 Å². The molecule has 0 fully saturated rings. The van der Waals surface area contributed by atoms with Gasteiger partial charge in [-0.25, -0.2) is 0 Å². The largest absolute Gasteiger partial charge is 0.310 e. The Labute approximate surface area is 770 Å². The lowest BCUT2D eigenvalue weighted by molar-refractivity contribution is 0.660. The fourth-order valence-corrected chi connectivity index (χ4v) is 21.4. The van der Waals surface area contributed by atoms with Gasteiger partial charge in [-0.3, -0.25) is 0 Å². The average Bonchev–Trinajstić information content (AvgIpc) is 1.52. The maximum Gasteiger partial charge on any atom is 0.0714 e. The molecular formula is C128H90N4. The highest BCUT2D eigenvalue weighted by molar-refractivity contribution is 6.12. The van der Waals surface area contributed by atoms with Crippen LogP contribution < -0.4 is 9.80 Å². The molecule has 2 aliphatic rings. The van der Waals surface area contributed by atoms with E-state index in [2.05, 4.69) is 542 Å². The predicted molar refractivity (Wildman–Crippen MR) is 556 cm³/mol. The predicted octanol–water partition coefficient (Wildman–Crippen LogP) is 34.3. The molecule has 23 aromatic rings. The molecule has 4 heteroatoms. The normalized spacial score (nSPS) is 12.6. The molecular weight excluding hydrogens is 1590 g/mol. The number of hydrogen-bond donors (Lipinski definition) is 0. The summed E-state index contributed by atoms with van der Waals surface area (Å²) in [6, 6.07) is 187. The second-order valence-corrected chi connectivity index (χ2v) is 35.4. The van der Waals surface area contributed by atoms with Crippen molar-refractivity contribution in [3.63, 3.8) is 0 Å². The highest BCUT2D eigenvalue weighted by atomic mass is 15.1. The molecule has 0 atom stereocenters. The minimum absolute atomic E-state index is 0.0468. The summed E-state index contributed by atoms with van der Waals surface area (Å²) in [7, 11) is 0. The van der Waals surface area contributed by atoms with Crippen LogP contribution >= 0.6 is 0 Å². The van der Waals surface area contributed by atoms with E-state index >= 15 is 0 Å². The van der Waals surface area contributed by atoms with Crippen LogP contribution in [-0.4, -0.2) is 9.13 Å². The molecule has 132 heavy (non-hydrogen) atoms. The van der Waals surface area contributed by atoms with Crippen LogP contribution in [-0.2, 0) is 10.8 Å². The summed E-state index contributed by atoms with van der Waals surface area (Å²) in [4.78, 5) is 4.82. The quantitative estimate of drug-likeness (QED) is 0.0959. The first-order valence-electron chi connectivity index (χ1n) is 45.7.